The number of hydrogen-bond donors (Lipinski definition) is 4. The molecule has 1 aliphatic heterocycles. The molecule has 1 aliphatic rings. The number of ketones is 1. The molecular formula is C32H41NO9. The molecule has 0 fully saturated rings. The second-order valence-corrected chi connectivity index (χ2v) is 10.4. The van der Waals surface area contributed by atoms with Crippen LogP contribution in [0, 0.1) is 0 Å². The van der Waals surface area contributed by atoms with Crippen molar-refractivity contribution >= 4 is 23.4 Å². The SMILES string of the molecule is CCCCCCN(CCCCCC)c1ccc(C(=O)c2ccccc2C(=O)OCC(O)C2OC(=O)C(O)=C2O)c(O)c1. The number of phenols is 1. The molecule has 4 N–H and O–H groups in total. The molecule has 0 saturated carbocycles. The van der Waals surface area contributed by atoms with Crippen LogP contribution in [-0.4, -0.2) is 70.1 Å². The normalized spacial score (nSPS) is 15.4. The highest BCUT2D eigenvalue weighted by atomic mass is 16.6. The third-order valence-electron chi connectivity index (χ3n) is 7.22. The summed E-state index contributed by atoms with van der Waals surface area (Å²) in [5.74, 6) is -4.83. The molecule has 0 spiro atoms. The highest BCUT2D eigenvalue weighted by Gasteiger charge is 2.39. The van der Waals surface area contributed by atoms with Gasteiger partial charge in [0.1, 0.15) is 18.5 Å². The zero-order valence-corrected chi connectivity index (χ0v) is 24.3. The molecule has 0 aromatic heterocycles. The fraction of sp³-hybridized carbons (Fsp3) is 0.469. The van der Waals surface area contributed by atoms with Crippen LogP contribution >= 0.6 is 0 Å². The molecule has 10 heteroatoms. The molecule has 10 nitrogen and oxygen atoms in total. The number of hydrogen-bond acceptors (Lipinski definition) is 10. The number of phenolic OH excluding ortho intramolecular Hbond substituents is 1. The standard InChI is InChI=1S/C32H41NO9/c1-3-5-7-11-17-33(18-12-8-6-4-2)21-15-16-24(25(34)19-21)27(36)22-13-9-10-14-23(22)31(39)41-20-26(35)30-28(37)29(38)32(40)42-30/h9-10,13-16,19,26,30,34-35,37-38H,3-8,11-12,17-18,20H2,1-2H3. The summed E-state index contributed by atoms with van der Waals surface area (Å²) in [5, 5.41) is 40.3. The number of esters is 2. The Hall–Kier alpha value is -4.05. The molecule has 0 bridgehead atoms. The quantitative estimate of drug-likeness (QED) is 0.109. The Morgan fingerprint density at radius 3 is 2.05 bits per heavy atom. The van der Waals surface area contributed by atoms with E-state index < -0.39 is 48.1 Å². The number of nitrogens with zero attached hydrogens (tertiary/aromatic N) is 1. The Balaban J connectivity index is 1.73. The average Bonchev–Trinajstić information content (AvgIpc) is 3.25. The molecule has 228 valence electrons. The van der Waals surface area contributed by atoms with Crippen molar-refractivity contribution in [1.82, 2.24) is 0 Å². The largest absolute Gasteiger partial charge is 0.507 e. The fourth-order valence-electron chi connectivity index (χ4n) is 4.80. The second kappa shape index (κ2) is 15.8. The van der Waals surface area contributed by atoms with E-state index in [0.29, 0.717) is 0 Å². The van der Waals surface area contributed by atoms with Crippen molar-refractivity contribution < 1.29 is 44.3 Å². The van der Waals surface area contributed by atoms with E-state index in [1.165, 1.54) is 31.0 Å². The molecule has 2 unspecified atom stereocenters. The average molecular weight is 584 g/mol. The van der Waals surface area contributed by atoms with Gasteiger partial charge in [0, 0.05) is 30.4 Å². The van der Waals surface area contributed by atoms with E-state index in [-0.39, 0.29) is 22.4 Å². The number of ether oxygens (including phenoxy) is 2. The van der Waals surface area contributed by atoms with Crippen molar-refractivity contribution in [2.45, 2.75) is 77.4 Å². The highest BCUT2D eigenvalue weighted by molar-refractivity contribution is 6.15. The van der Waals surface area contributed by atoms with Crippen molar-refractivity contribution in [3.05, 3.63) is 70.7 Å². The van der Waals surface area contributed by atoms with E-state index in [1.807, 2.05) is 6.07 Å². The summed E-state index contributed by atoms with van der Waals surface area (Å²) in [7, 11) is 0. The minimum absolute atomic E-state index is 0.0105. The van der Waals surface area contributed by atoms with Crippen LogP contribution in [0.2, 0.25) is 0 Å². The Labute approximate surface area is 246 Å². The van der Waals surface area contributed by atoms with Crippen molar-refractivity contribution in [3.63, 3.8) is 0 Å². The lowest BCUT2D eigenvalue weighted by Gasteiger charge is -2.25. The topological polar surface area (TPSA) is 154 Å². The monoisotopic (exact) mass is 583 g/mol. The van der Waals surface area contributed by atoms with Gasteiger partial charge in [0.2, 0.25) is 5.76 Å². The highest BCUT2D eigenvalue weighted by Crippen LogP contribution is 2.29. The number of aliphatic hydroxyl groups is 3. The lowest BCUT2D eigenvalue weighted by molar-refractivity contribution is -0.147. The summed E-state index contributed by atoms with van der Waals surface area (Å²) in [4.78, 5) is 39.9. The number of carbonyl (C=O) groups excluding carboxylic acids is 3. The fourth-order valence-corrected chi connectivity index (χ4v) is 4.80. The molecule has 3 rings (SSSR count). The molecule has 1 heterocycles. The lowest BCUT2D eigenvalue weighted by Crippen LogP contribution is -2.33. The van der Waals surface area contributed by atoms with Crippen LogP contribution in [0.5, 0.6) is 5.75 Å². The maximum Gasteiger partial charge on any atom is 0.377 e. The van der Waals surface area contributed by atoms with Crippen LogP contribution < -0.4 is 4.90 Å². The van der Waals surface area contributed by atoms with Gasteiger partial charge in [0.05, 0.1) is 11.1 Å². The van der Waals surface area contributed by atoms with Gasteiger partial charge < -0.3 is 34.8 Å². The van der Waals surface area contributed by atoms with Gasteiger partial charge in [-0.25, -0.2) is 9.59 Å². The van der Waals surface area contributed by atoms with E-state index in [2.05, 4.69) is 23.5 Å². The molecule has 0 amide bonds. The van der Waals surface area contributed by atoms with Crippen LogP contribution in [0.3, 0.4) is 0 Å². The molecule has 42 heavy (non-hydrogen) atoms. The van der Waals surface area contributed by atoms with Crippen molar-refractivity contribution in [2.24, 2.45) is 0 Å². The first-order valence-electron chi connectivity index (χ1n) is 14.6. The van der Waals surface area contributed by atoms with Gasteiger partial charge in [-0.3, -0.25) is 4.79 Å². The zero-order chi connectivity index (χ0) is 30.6. The molecule has 0 aliphatic carbocycles. The predicted molar refractivity (Wildman–Crippen MR) is 157 cm³/mol. The summed E-state index contributed by atoms with van der Waals surface area (Å²) in [6.45, 7) is 5.35. The number of aromatic hydroxyl groups is 1. The maximum absolute atomic E-state index is 13.5. The summed E-state index contributed by atoms with van der Waals surface area (Å²) < 4.78 is 9.79. The van der Waals surface area contributed by atoms with Crippen molar-refractivity contribution in [3.8, 4) is 5.75 Å². The number of aliphatic hydroxyl groups excluding tert-OH is 3. The van der Waals surface area contributed by atoms with Gasteiger partial charge >= 0.3 is 11.9 Å². The molecule has 0 radical (unpaired) electrons. The number of unbranched alkanes of at least 4 members (excludes halogenated alkanes) is 6. The first kappa shape index (κ1) is 32.5. The van der Waals surface area contributed by atoms with Crippen molar-refractivity contribution in [2.75, 3.05) is 24.6 Å². The van der Waals surface area contributed by atoms with Crippen LogP contribution in [0.15, 0.2) is 54.0 Å². The van der Waals surface area contributed by atoms with Crippen LogP contribution in [-0.2, 0) is 14.3 Å². The number of rotatable bonds is 17. The van der Waals surface area contributed by atoms with Gasteiger partial charge in [0.15, 0.2) is 17.6 Å². The summed E-state index contributed by atoms with van der Waals surface area (Å²) in [6, 6.07) is 10.9. The van der Waals surface area contributed by atoms with Gasteiger partial charge in [0.25, 0.3) is 0 Å². The number of benzene rings is 2. The lowest BCUT2D eigenvalue weighted by atomic mass is 9.97. The predicted octanol–water partition coefficient (Wildman–Crippen LogP) is 5.36. The van der Waals surface area contributed by atoms with Crippen LogP contribution in [0.1, 0.15) is 91.5 Å². The van der Waals surface area contributed by atoms with E-state index in [9.17, 15) is 34.8 Å². The van der Waals surface area contributed by atoms with Gasteiger partial charge in [-0.1, -0.05) is 70.6 Å². The first-order chi connectivity index (χ1) is 20.2. The maximum atomic E-state index is 13.5. The molecule has 0 saturated heterocycles. The third kappa shape index (κ3) is 8.25. The van der Waals surface area contributed by atoms with Gasteiger partial charge in [-0.15, -0.1) is 0 Å². The Bertz CT molecular complexity index is 1260. The minimum Gasteiger partial charge on any atom is -0.507 e. The molecule has 2 aromatic carbocycles. The minimum atomic E-state index is -1.66. The third-order valence-corrected chi connectivity index (χ3v) is 7.22. The molecule has 2 aromatic rings. The van der Waals surface area contributed by atoms with E-state index in [4.69, 9.17) is 4.74 Å². The van der Waals surface area contributed by atoms with Crippen molar-refractivity contribution in [1.29, 1.82) is 0 Å². The van der Waals surface area contributed by atoms with Crippen LogP contribution in [0.4, 0.5) is 5.69 Å². The number of cyclic esters (lactones) is 1. The summed E-state index contributed by atoms with van der Waals surface area (Å²) in [6.07, 6.45) is 5.70. The number of carbonyl (C=O) groups is 3. The Morgan fingerprint density at radius 2 is 1.50 bits per heavy atom. The smallest absolute Gasteiger partial charge is 0.377 e. The first-order valence-corrected chi connectivity index (χ1v) is 14.6. The van der Waals surface area contributed by atoms with E-state index in [0.717, 1.165) is 57.3 Å². The number of anilines is 1. The summed E-state index contributed by atoms with van der Waals surface area (Å²) >= 11 is 0. The van der Waals surface area contributed by atoms with Gasteiger partial charge in [-0.2, -0.15) is 0 Å². The zero-order valence-electron chi connectivity index (χ0n) is 24.3. The Kier molecular flexibility index (Phi) is 12.2. The summed E-state index contributed by atoms with van der Waals surface area (Å²) in [5.41, 5.74) is 0.746. The van der Waals surface area contributed by atoms with E-state index >= 15 is 0 Å². The second-order valence-electron chi connectivity index (χ2n) is 10.4. The van der Waals surface area contributed by atoms with E-state index in [1.54, 1.807) is 18.2 Å². The Morgan fingerprint density at radius 1 is 0.881 bits per heavy atom. The molecule has 2 atom stereocenters. The molecular weight excluding hydrogens is 542 g/mol. The van der Waals surface area contributed by atoms with Gasteiger partial charge in [-0.05, 0) is 31.0 Å². The van der Waals surface area contributed by atoms with Crippen LogP contribution in [0.25, 0.3) is 0 Å².